The van der Waals surface area contributed by atoms with Gasteiger partial charge in [0.15, 0.2) is 0 Å². The Bertz CT molecular complexity index is 451. The number of rotatable bonds is 5. The number of benzene rings is 1. The number of halogens is 1. The van der Waals surface area contributed by atoms with E-state index in [-0.39, 0.29) is 5.25 Å². The van der Waals surface area contributed by atoms with Crippen molar-refractivity contribution in [1.82, 2.24) is 0 Å². The van der Waals surface area contributed by atoms with Crippen LogP contribution in [0, 0.1) is 0 Å². The molecule has 0 heterocycles. The Balaban J connectivity index is 2.04. The molecule has 0 amide bonds. The van der Waals surface area contributed by atoms with Crippen molar-refractivity contribution < 1.29 is 8.42 Å². The predicted octanol–water partition coefficient (Wildman–Crippen LogP) is 2.37. The summed E-state index contributed by atoms with van der Waals surface area (Å²) in [6, 6.07) is 7.35. The van der Waals surface area contributed by atoms with Crippen molar-refractivity contribution in [3.8, 4) is 0 Å². The molecule has 88 valence electrons. The predicted molar refractivity (Wildman–Crippen MR) is 66.4 cm³/mol. The second kappa shape index (κ2) is 4.63. The molecule has 0 atom stereocenters. The summed E-state index contributed by atoms with van der Waals surface area (Å²) in [7, 11) is -3.14. The zero-order valence-corrected chi connectivity index (χ0v) is 10.4. The van der Waals surface area contributed by atoms with Crippen molar-refractivity contribution >= 4 is 27.3 Å². The molecule has 1 aliphatic carbocycles. The SMILES string of the molecule is O=S(=O)(Nc1ccc(CCCl)cc1)C1CC1. The van der Waals surface area contributed by atoms with Crippen molar-refractivity contribution in [3.63, 3.8) is 0 Å². The minimum Gasteiger partial charge on any atom is -0.283 e. The van der Waals surface area contributed by atoms with Gasteiger partial charge in [-0.05, 0) is 37.0 Å². The maximum Gasteiger partial charge on any atom is 0.235 e. The number of sulfonamides is 1. The Hall–Kier alpha value is -0.740. The minimum atomic E-state index is -3.14. The van der Waals surface area contributed by atoms with Crippen LogP contribution in [0.5, 0.6) is 0 Å². The van der Waals surface area contributed by atoms with Gasteiger partial charge in [-0.3, -0.25) is 4.72 Å². The number of hydrogen-bond acceptors (Lipinski definition) is 2. The van der Waals surface area contributed by atoms with Gasteiger partial charge in [-0.2, -0.15) is 0 Å². The van der Waals surface area contributed by atoms with Gasteiger partial charge in [-0.15, -0.1) is 11.6 Å². The quantitative estimate of drug-likeness (QED) is 0.826. The molecule has 1 fully saturated rings. The highest BCUT2D eigenvalue weighted by atomic mass is 35.5. The fraction of sp³-hybridized carbons (Fsp3) is 0.455. The van der Waals surface area contributed by atoms with Gasteiger partial charge in [0.05, 0.1) is 5.25 Å². The van der Waals surface area contributed by atoms with Crippen molar-refractivity contribution in [2.75, 3.05) is 10.6 Å². The lowest BCUT2D eigenvalue weighted by Crippen LogP contribution is -2.17. The Kier molecular flexibility index (Phi) is 3.40. The maximum atomic E-state index is 11.6. The molecule has 2 rings (SSSR count). The fourth-order valence-corrected chi connectivity index (χ4v) is 3.08. The van der Waals surface area contributed by atoms with E-state index in [1.54, 1.807) is 12.1 Å². The van der Waals surface area contributed by atoms with Gasteiger partial charge < -0.3 is 0 Å². The molecule has 3 nitrogen and oxygen atoms in total. The Morgan fingerprint density at radius 3 is 2.38 bits per heavy atom. The first-order valence-electron chi connectivity index (χ1n) is 5.28. The molecule has 0 aliphatic heterocycles. The second-order valence-corrected chi connectivity index (χ2v) is 6.32. The zero-order valence-electron chi connectivity index (χ0n) is 8.82. The largest absolute Gasteiger partial charge is 0.283 e. The molecule has 0 radical (unpaired) electrons. The van der Waals surface area contributed by atoms with Crippen molar-refractivity contribution in [2.45, 2.75) is 24.5 Å². The maximum absolute atomic E-state index is 11.6. The van der Waals surface area contributed by atoms with Crippen LogP contribution in [0.25, 0.3) is 0 Å². The highest BCUT2D eigenvalue weighted by Gasteiger charge is 2.35. The minimum absolute atomic E-state index is 0.185. The molecule has 0 unspecified atom stereocenters. The highest BCUT2D eigenvalue weighted by Crippen LogP contribution is 2.29. The molecule has 5 heteroatoms. The van der Waals surface area contributed by atoms with E-state index in [0.29, 0.717) is 11.6 Å². The van der Waals surface area contributed by atoms with Crippen LogP contribution in [0.3, 0.4) is 0 Å². The summed E-state index contributed by atoms with van der Waals surface area (Å²) in [4.78, 5) is 0. The zero-order chi connectivity index (χ0) is 11.6. The summed E-state index contributed by atoms with van der Waals surface area (Å²) in [6.07, 6.45) is 2.36. The summed E-state index contributed by atoms with van der Waals surface area (Å²) in [5, 5.41) is -0.185. The molecule has 1 aromatic carbocycles. The van der Waals surface area contributed by atoms with Gasteiger partial charge in [-0.25, -0.2) is 8.42 Å². The van der Waals surface area contributed by atoms with E-state index in [1.165, 1.54) is 0 Å². The van der Waals surface area contributed by atoms with Crippen molar-refractivity contribution in [2.24, 2.45) is 0 Å². The third-order valence-corrected chi connectivity index (χ3v) is 4.62. The van der Waals surface area contributed by atoms with Crippen molar-refractivity contribution in [1.29, 1.82) is 0 Å². The van der Waals surface area contributed by atoms with Gasteiger partial charge in [-0.1, -0.05) is 12.1 Å². The molecule has 1 saturated carbocycles. The molecule has 0 spiro atoms. The third-order valence-electron chi connectivity index (χ3n) is 2.56. The first-order chi connectivity index (χ1) is 7.62. The van der Waals surface area contributed by atoms with E-state index in [9.17, 15) is 8.42 Å². The number of anilines is 1. The highest BCUT2D eigenvalue weighted by molar-refractivity contribution is 7.93. The Morgan fingerprint density at radius 2 is 1.88 bits per heavy atom. The van der Waals surface area contributed by atoms with Crippen LogP contribution in [-0.2, 0) is 16.4 Å². The molecule has 0 bridgehead atoms. The van der Waals surface area contributed by atoms with Crippen LogP contribution in [0.2, 0.25) is 0 Å². The van der Waals surface area contributed by atoms with E-state index >= 15 is 0 Å². The molecule has 1 aliphatic rings. The van der Waals surface area contributed by atoms with E-state index < -0.39 is 10.0 Å². The lowest BCUT2D eigenvalue weighted by molar-refractivity contribution is 0.600. The lowest BCUT2D eigenvalue weighted by Gasteiger charge is -2.07. The van der Waals surface area contributed by atoms with E-state index in [1.807, 2.05) is 12.1 Å². The smallest absolute Gasteiger partial charge is 0.235 e. The number of aryl methyl sites for hydroxylation is 1. The van der Waals surface area contributed by atoms with Crippen LogP contribution in [-0.4, -0.2) is 19.5 Å². The molecule has 16 heavy (non-hydrogen) atoms. The summed E-state index contributed by atoms with van der Waals surface area (Å²) >= 11 is 5.62. The average molecular weight is 260 g/mol. The first-order valence-corrected chi connectivity index (χ1v) is 7.36. The number of alkyl halides is 1. The van der Waals surface area contributed by atoms with Gasteiger partial charge >= 0.3 is 0 Å². The second-order valence-electron chi connectivity index (χ2n) is 3.98. The number of nitrogens with one attached hydrogen (secondary N) is 1. The fourth-order valence-electron chi connectivity index (χ4n) is 1.47. The van der Waals surface area contributed by atoms with Crippen molar-refractivity contribution in [3.05, 3.63) is 29.8 Å². The van der Waals surface area contributed by atoms with Crippen LogP contribution in [0.4, 0.5) is 5.69 Å². The third kappa shape index (κ3) is 2.89. The van der Waals surface area contributed by atoms with Crippen LogP contribution >= 0.6 is 11.6 Å². The van der Waals surface area contributed by atoms with Gasteiger partial charge in [0, 0.05) is 11.6 Å². The molecule has 0 saturated heterocycles. The van der Waals surface area contributed by atoms with Crippen LogP contribution in [0.1, 0.15) is 18.4 Å². The van der Waals surface area contributed by atoms with Gasteiger partial charge in [0.1, 0.15) is 0 Å². The van der Waals surface area contributed by atoms with Gasteiger partial charge in [0.2, 0.25) is 10.0 Å². The molecular weight excluding hydrogens is 246 g/mol. The Labute approximate surface area is 101 Å². The summed E-state index contributed by atoms with van der Waals surface area (Å²) < 4.78 is 25.9. The van der Waals surface area contributed by atoms with E-state index in [0.717, 1.165) is 24.8 Å². The van der Waals surface area contributed by atoms with Gasteiger partial charge in [0.25, 0.3) is 0 Å². The van der Waals surface area contributed by atoms with E-state index in [2.05, 4.69) is 4.72 Å². The monoisotopic (exact) mass is 259 g/mol. The van der Waals surface area contributed by atoms with Crippen LogP contribution in [0.15, 0.2) is 24.3 Å². The lowest BCUT2D eigenvalue weighted by atomic mass is 10.2. The molecule has 0 aromatic heterocycles. The standard InChI is InChI=1S/C11H14ClNO2S/c12-8-7-9-1-3-10(4-2-9)13-16(14,15)11-5-6-11/h1-4,11,13H,5-8H2. The number of hydrogen-bond donors (Lipinski definition) is 1. The first kappa shape index (κ1) is 11.7. The summed E-state index contributed by atoms with van der Waals surface area (Å²) in [5.74, 6) is 0.577. The normalized spacial score (nSPS) is 16.1. The molecule has 1 N–H and O–H groups in total. The average Bonchev–Trinajstić information content (AvgIpc) is 3.04. The molecule has 1 aromatic rings. The topological polar surface area (TPSA) is 46.2 Å². The van der Waals surface area contributed by atoms with Crippen LogP contribution < -0.4 is 4.72 Å². The molecular formula is C11H14ClNO2S. The Morgan fingerprint density at radius 1 is 1.25 bits per heavy atom. The summed E-state index contributed by atoms with van der Waals surface area (Å²) in [6.45, 7) is 0. The summed E-state index contributed by atoms with van der Waals surface area (Å²) in [5.41, 5.74) is 1.74. The van der Waals surface area contributed by atoms with E-state index in [4.69, 9.17) is 11.6 Å².